The van der Waals surface area contributed by atoms with Crippen molar-refractivity contribution in [1.29, 1.82) is 0 Å². The van der Waals surface area contributed by atoms with Crippen LogP contribution in [0, 0.1) is 5.92 Å². The molecule has 32 heavy (non-hydrogen) atoms. The van der Waals surface area contributed by atoms with Gasteiger partial charge in [0.1, 0.15) is 23.4 Å². The Labute approximate surface area is 190 Å². The van der Waals surface area contributed by atoms with Gasteiger partial charge in [-0.2, -0.15) is 4.31 Å². The summed E-state index contributed by atoms with van der Waals surface area (Å²) < 4.78 is 39.6. The van der Waals surface area contributed by atoms with Crippen LogP contribution in [0.5, 0.6) is 5.75 Å². The van der Waals surface area contributed by atoms with E-state index in [2.05, 4.69) is 6.08 Å². The zero-order valence-corrected chi connectivity index (χ0v) is 20.1. The van der Waals surface area contributed by atoms with Crippen molar-refractivity contribution in [3.05, 3.63) is 29.8 Å². The standard InChI is InChI=1S/C23H34N2O6S/c1-16-12-25(17(2)14-26)32(28,29)22-10-9-19(18-7-5-6-8-18)11-20(22)31-21(16)13-24(3)23(27)15-30-4/h7,9-11,16-17,21,26H,5-6,8,12-15H2,1-4H3/t16-,17-,21-/m1/s1. The molecule has 9 heteroatoms. The van der Waals surface area contributed by atoms with Crippen molar-refractivity contribution in [3.63, 3.8) is 0 Å². The molecule has 0 saturated heterocycles. The normalized spacial score (nSPS) is 24.0. The fourth-order valence-corrected chi connectivity index (χ4v) is 6.01. The molecule has 178 valence electrons. The molecular formula is C23H34N2O6S. The fourth-order valence-electron chi connectivity index (χ4n) is 4.18. The summed E-state index contributed by atoms with van der Waals surface area (Å²) in [5.41, 5.74) is 2.14. The maximum Gasteiger partial charge on any atom is 0.248 e. The van der Waals surface area contributed by atoms with Gasteiger partial charge >= 0.3 is 0 Å². The third kappa shape index (κ3) is 5.17. The second-order valence-corrected chi connectivity index (χ2v) is 10.6. The molecule has 1 aliphatic carbocycles. The molecule has 0 spiro atoms. The number of sulfonamides is 1. The van der Waals surface area contributed by atoms with Crippen LogP contribution < -0.4 is 4.74 Å². The van der Waals surface area contributed by atoms with Crippen LogP contribution >= 0.6 is 0 Å². The number of allylic oxidation sites excluding steroid dienone is 2. The Morgan fingerprint density at radius 3 is 2.78 bits per heavy atom. The number of rotatable bonds is 7. The van der Waals surface area contributed by atoms with Crippen LogP contribution in [0.15, 0.2) is 29.2 Å². The van der Waals surface area contributed by atoms with Crippen LogP contribution in [0.2, 0.25) is 0 Å². The van der Waals surface area contributed by atoms with Gasteiger partial charge in [0.25, 0.3) is 0 Å². The van der Waals surface area contributed by atoms with E-state index in [-0.39, 0.29) is 48.8 Å². The van der Waals surface area contributed by atoms with Crippen LogP contribution in [-0.4, -0.2) is 81.2 Å². The minimum Gasteiger partial charge on any atom is -0.487 e. The van der Waals surface area contributed by atoms with Gasteiger partial charge in [-0.05, 0) is 49.5 Å². The number of fused-ring (bicyclic) bond motifs is 1. The van der Waals surface area contributed by atoms with E-state index < -0.39 is 22.2 Å². The molecule has 1 aromatic rings. The molecule has 3 atom stereocenters. The predicted molar refractivity (Wildman–Crippen MR) is 122 cm³/mol. The van der Waals surface area contributed by atoms with Crippen molar-refractivity contribution in [2.24, 2.45) is 5.92 Å². The molecule has 8 nitrogen and oxygen atoms in total. The van der Waals surface area contributed by atoms with E-state index in [9.17, 15) is 18.3 Å². The summed E-state index contributed by atoms with van der Waals surface area (Å²) in [6.07, 6.45) is 4.79. The van der Waals surface area contributed by atoms with Crippen LogP contribution in [-0.2, 0) is 19.6 Å². The zero-order chi connectivity index (χ0) is 23.5. The van der Waals surface area contributed by atoms with Crippen molar-refractivity contribution in [2.75, 3.05) is 40.5 Å². The first-order chi connectivity index (χ1) is 15.2. The van der Waals surface area contributed by atoms with E-state index >= 15 is 0 Å². The minimum atomic E-state index is -3.88. The van der Waals surface area contributed by atoms with Gasteiger partial charge in [-0.1, -0.05) is 19.1 Å². The van der Waals surface area contributed by atoms with Gasteiger partial charge in [0, 0.05) is 32.7 Å². The zero-order valence-electron chi connectivity index (χ0n) is 19.3. The Hall–Kier alpha value is -1.94. The highest BCUT2D eigenvalue weighted by Gasteiger charge is 2.38. The van der Waals surface area contributed by atoms with Crippen LogP contribution in [0.3, 0.4) is 0 Å². The largest absolute Gasteiger partial charge is 0.487 e. The molecule has 1 aromatic carbocycles. The van der Waals surface area contributed by atoms with Gasteiger partial charge in [-0.25, -0.2) is 8.42 Å². The van der Waals surface area contributed by atoms with Crippen molar-refractivity contribution < 1.29 is 27.8 Å². The Kier molecular flexibility index (Phi) is 7.97. The summed E-state index contributed by atoms with van der Waals surface area (Å²) in [5, 5.41) is 9.73. The lowest BCUT2D eigenvalue weighted by Crippen LogP contribution is -2.50. The number of nitrogens with zero attached hydrogens (tertiary/aromatic N) is 2. The summed E-state index contributed by atoms with van der Waals surface area (Å²) in [5.74, 6) is -0.114. The van der Waals surface area contributed by atoms with E-state index in [0.29, 0.717) is 0 Å². The molecule has 1 N–H and O–H groups in total. The van der Waals surface area contributed by atoms with Gasteiger partial charge in [-0.15, -0.1) is 0 Å². The van der Waals surface area contributed by atoms with Gasteiger partial charge in [0.15, 0.2) is 0 Å². The first kappa shape index (κ1) is 24.7. The van der Waals surface area contributed by atoms with Crippen molar-refractivity contribution in [1.82, 2.24) is 9.21 Å². The molecule has 0 saturated carbocycles. The Morgan fingerprint density at radius 2 is 2.16 bits per heavy atom. The summed E-state index contributed by atoms with van der Waals surface area (Å²) >= 11 is 0. The number of ether oxygens (including phenoxy) is 2. The third-order valence-corrected chi connectivity index (χ3v) is 8.25. The van der Waals surface area contributed by atoms with E-state index in [4.69, 9.17) is 9.47 Å². The number of hydrogen-bond donors (Lipinski definition) is 1. The molecule has 0 radical (unpaired) electrons. The van der Waals surface area contributed by atoms with Crippen LogP contribution in [0.25, 0.3) is 5.57 Å². The highest BCUT2D eigenvalue weighted by atomic mass is 32.2. The number of likely N-dealkylation sites (N-methyl/N-ethyl adjacent to an activating group) is 1. The van der Waals surface area contributed by atoms with Gasteiger partial charge in [0.05, 0.1) is 13.2 Å². The Balaban J connectivity index is 2.04. The molecule has 0 aromatic heterocycles. The minimum absolute atomic E-state index is 0.0332. The van der Waals surface area contributed by atoms with E-state index in [1.807, 2.05) is 13.0 Å². The van der Waals surface area contributed by atoms with E-state index in [1.165, 1.54) is 17.0 Å². The van der Waals surface area contributed by atoms with Crippen LogP contribution in [0.1, 0.15) is 38.7 Å². The molecule has 1 amide bonds. The molecule has 0 fully saturated rings. The summed E-state index contributed by atoms with van der Waals surface area (Å²) in [7, 11) is -0.726. The van der Waals surface area contributed by atoms with Gasteiger partial charge in [0.2, 0.25) is 15.9 Å². The summed E-state index contributed by atoms with van der Waals surface area (Å²) in [6, 6.07) is 4.64. The summed E-state index contributed by atoms with van der Waals surface area (Å²) in [4.78, 5) is 13.9. The van der Waals surface area contributed by atoms with Crippen molar-refractivity contribution in [2.45, 2.75) is 50.2 Å². The second-order valence-electron chi connectivity index (χ2n) is 8.73. The predicted octanol–water partition coefficient (Wildman–Crippen LogP) is 2.13. The molecule has 1 heterocycles. The third-order valence-electron chi connectivity index (χ3n) is 6.23. The van der Waals surface area contributed by atoms with Gasteiger partial charge < -0.3 is 19.5 Å². The second kappa shape index (κ2) is 10.3. The maximum atomic E-state index is 13.5. The molecular weight excluding hydrogens is 432 g/mol. The molecule has 1 aliphatic heterocycles. The smallest absolute Gasteiger partial charge is 0.248 e. The van der Waals surface area contributed by atoms with Gasteiger partial charge in [-0.3, -0.25) is 4.79 Å². The maximum absolute atomic E-state index is 13.5. The first-order valence-corrected chi connectivity index (χ1v) is 12.5. The number of methoxy groups -OCH3 is 1. The number of aliphatic hydroxyl groups excluding tert-OH is 1. The molecule has 0 bridgehead atoms. The number of aliphatic hydroxyl groups is 1. The van der Waals surface area contributed by atoms with E-state index in [0.717, 1.165) is 24.8 Å². The molecule has 2 aliphatic rings. The highest BCUT2D eigenvalue weighted by molar-refractivity contribution is 7.89. The number of carbonyl (C=O) groups excluding carboxylic acids is 1. The lowest BCUT2D eigenvalue weighted by atomic mass is 10.0. The monoisotopic (exact) mass is 466 g/mol. The van der Waals surface area contributed by atoms with Crippen molar-refractivity contribution >= 4 is 21.5 Å². The quantitative estimate of drug-likeness (QED) is 0.661. The average Bonchev–Trinajstić information content (AvgIpc) is 3.30. The lowest BCUT2D eigenvalue weighted by molar-refractivity contribution is -0.135. The number of amides is 1. The first-order valence-electron chi connectivity index (χ1n) is 11.0. The number of hydrogen-bond acceptors (Lipinski definition) is 6. The highest BCUT2D eigenvalue weighted by Crippen LogP contribution is 2.37. The molecule has 0 unspecified atom stereocenters. The topological polar surface area (TPSA) is 96.4 Å². The fraction of sp³-hybridized carbons (Fsp3) is 0.609. The van der Waals surface area contributed by atoms with E-state index in [1.54, 1.807) is 31.0 Å². The Bertz CT molecular complexity index is 961. The Morgan fingerprint density at radius 1 is 1.41 bits per heavy atom. The SMILES string of the molecule is COCC(=O)N(C)C[C@H]1Oc2cc(C3=CCCC3)ccc2S(=O)(=O)N([C@H](C)CO)C[C@H]1C. The number of benzene rings is 1. The lowest BCUT2D eigenvalue weighted by Gasteiger charge is -2.37. The average molecular weight is 467 g/mol. The summed E-state index contributed by atoms with van der Waals surface area (Å²) in [6.45, 7) is 3.73. The van der Waals surface area contributed by atoms with Crippen LogP contribution in [0.4, 0.5) is 0 Å². The van der Waals surface area contributed by atoms with Crippen molar-refractivity contribution in [3.8, 4) is 5.75 Å². The number of carbonyl (C=O) groups is 1. The molecule has 3 rings (SSSR count).